The van der Waals surface area contributed by atoms with Crippen LogP contribution in [-0.4, -0.2) is 22.3 Å². The minimum Gasteiger partial charge on any atom is -0.495 e. The molecule has 1 amide bonds. The third kappa shape index (κ3) is 6.20. The number of nitrogens with zero attached hydrogens (tertiary/aromatic N) is 2. The highest BCUT2D eigenvalue weighted by molar-refractivity contribution is 7.91. The number of hydrogen-bond acceptors (Lipinski definition) is 5. The Labute approximate surface area is 196 Å². The number of nitrogens with two attached hydrogens (primary N) is 1. The summed E-state index contributed by atoms with van der Waals surface area (Å²) in [5.74, 6) is -0.267. The number of benzene rings is 2. The van der Waals surface area contributed by atoms with E-state index < -0.39 is 21.4 Å². The number of carbonyl (C=O) groups is 1. The summed E-state index contributed by atoms with van der Waals surface area (Å²) in [4.78, 5) is 13.1. The Morgan fingerprint density at radius 2 is 1.73 bits per heavy atom. The van der Waals surface area contributed by atoms with Crippen molar-refractivity contribution < 1.29 is 18.8 Å². The van der Waals surface area contributed by atoms with E-state index in [2.05, 4.69) is 10.4 Å². The summed E-state index contributed by atoms with van der Waals surface area (Å²) in [6.45, 7) is 11.1. The number of hydrogen-bond donors (Lipinski definition) is 2. The molecule has 178 valence electrons. The molecule has 0 saturated carbocycles. The van der Waals surface area contributed by atoms with Crippen molar-refractivity contribution in [3.63, 3.8) is 0 Å². The molecule has 0 aliphatic rings. The summed E-state index contributed by atoms with van der Waals surface area (Å²) in [5, 5.41) is 25.8. The van der Waals surface area contributed by atoms with Crippen LogP contribution in [0.3, 0.4) is 0 Å². The molecule has 0 aliphatic heterocycles. The van der Waals surface area contributed by atoms with Gasteiger partial charge in [0.15, 0.2) is 0 Å². The number of aliphatic hydroxyl groups is 1. The highest BCUT2D eigenvalue weighted by atomic mass is 32.2. The predicted octanol–water partition coefficient (Wildman–Crippen LogP) is 4.51. The molecule has 8 heteroatoms. The molecule has 2 aromatic rings. The third-order valence-corrected chi connectivity index (χ3v) is 6.87. The van der Waals surface area contributed by atoms with Gasteiger partial charge in [-0.25, -0.2) is 9.35 Å². The van der Waals surface area contributed by atoms with Crippen molar-refractivity contribution >= 4 is 15.8 Å². The summed E-state index contributed by atoms with van der Waals surface area (Å²) in [6, 6.07) is 10.4. The largest absolute Gasteiger partial charge is 0.495 e. The summed E-state index contributed by atoms with van der Waals surface area (Å²) in [5.41, 5.74) is 2.33. The van der Waals surface area contributed by atoms with E-state index >= 15 is 0 Å². The lowest BCUT2D eigenvalue weighted by atomic mass is 9.85. The molecule has 0 aliphatic carbocycles. The van der Waals surface area contributed by atoms with Crippen LogP contribution in [0.25, 0.3) is 0 Å². The van der Waals surface area contributed by atoms with Crippen LogP contribution < -0.4 is 9.88 Å². The van der Waals surface area contributed by atoms with Gasteiger partial charge in [0.1, 0.15) is 20.6 Å². The van der Waals surface area contributed by atoms with Gasteiger partial charge in [-0.1, -0.05) is 33.8 Å². The van der Waals surface area contributed by atoms with Gasteiger partial charge >= 0.3 is 0 Å². The van der Waals surface area contributed by atoms with Crippen molar-refractivity contribution in [3.05, 3.63) is 58.1 Å². The van der Waals surface area contributed by atoms with Crippen molar-refractivity contribution in [1.29, 1.82) is 5.26 Å². The van der Waals surface area contributed by atoms with Gasteiger partial charge in [-0.3, -0.25) is 4.79 Å². The van der Waals surface area contributed by atoms with Crippen LogP contribution in [0.15, 0.2) is 39.6 Å². The average molecular weight is 472 g/mol. The first-order chi connectivity index (χ1) is 15.2. The van der Waals surface area contributed by atoms with Crippen LogP contribution in [0.1, 0.15) is 81.2 Å². The van der Waals surface area contributed by atoms with Crippen LogP contribution in [0.5, 0.6) is 5.75 Å². The molecule has 0 unspecified atom stereocenters. The Balaban J connectivity index is 2.60. The smallest absolute Gasteiger partial charge is 0.259 e. The normalized spacial score (nSPS) is 13.5. The van der Waals surface area contributed by atoms with E-state index in [9.17, 15) is 19.4 Å². The van der Waals surface area contributed by atoms with E-state index in [-0.39, 0.29) is 28.9 Å². The lowest BCUT2D eigenvalue weighted by molar-refractivity contribution is -0.117. The Morgan fingerprint density at radius 1 is 1.18 bits per heavy atom. The molecule has 33 heavy (non-hydrogen) atoms. The average Bonchev–Trinajstić information content (AvgIpc) is 2.71. The lowest BCUT2D eigenvalue weighted by Crippen LogP contribution is -2.20. The van der Waals surface area contributed by atoms with Gasteiger partial charge in [0.25, 0.3) is 5.91 Å². The maximum absolute atomic E-state index is 13.4. The maximum Gasteiger partial charge on any atom is 0.259 e. The Kier molecular flexibility index (Phi) is 8.07. The lowest BCUT2D eigenvalue weighted by Gasteiger charge is -2.20. The molecule has 3 N–H and O–H groups in total. The molecule has 0 fully saturated rings. The van der Waals surface area contributed by atoms with Gasteiger partial charge < -0.3 is 9.84 Å². The van der Waals surface area contributed by atoms with Gasteiger partial charge in [-0.15, -0.1) is 4.36 Å². The van der Waals surface area contributed by atoms with Crippen molar-refractivity contribution in [2.75, 3.05) is 7.11 Å². The van der Waals surface area contributed by atoms with Crippen molar-refractivity contribution in [1.82, 2.24) is 0 Å². The fourth-order valence-electron chi connectivity index (χ4n) is 3.69. The Hall–Kier alpha value is -2.73. The van der Waals surface area contributed by atoms with E-state index in [1.165, 1.54) is 13.2 Å². The quantitative estimate of drug-likeness (QED) is 0.614. The Bertz CT molecular complexity index is 1180. The van der Waals surface area contributed by atoms with E-state index in [1.807, 2.05) is 27.7 Å². The molecule has 0 bridgehead atoms. The maximum atomic E-state index is 13.4. The standard InChI is InChI=1S/C25H33N3O4S/c1-15(2)19-10-17(14-26)11-20(16(3)4)21(19)13-24(29)28-33(27,31)23-12-18(25(5,6)30)8-9-22(23)32-7/h8-12,15-16,30H,13H2,1-7H3,(H2,27,28,29,31)/t33-/m1/s1. The topological polar surface area (TPSA) is 126 Å². The first kappa shape index (κ1) is 26.5. The minimum atomic E-state index is -3.65. The molecule has 2 rings (SSSR count). The van der Waals surface area contributed by atoms with Gasteiger partial charge in [-0.2, -0.15) is 5.26 Å². The van der Waals surface area contributed by atoms with E-state index in [1.54, 1.807) is 38.1 Å². The minimum absolute atomic E-state index is 0.0472. The molecule has 0 saturated heterocycles. The van der Waals surface area contributed by atoms with Crippen molar-refractivity contribution in [2.45, 2.75) is 70.3 Å². The van der Waals surface area contributed by atoms with Gasteiger partial charge in [-0.05, 0) is 72.2 Å². The molecule has 7 nitrogen and oxygen atoms in total. The molecule has 0 heterocycles. The monoisotopic (exact) mass is 471 g/mol. The first-order valence-corrected chi connectivity index (χ1v) is 12.3. The highest BCUT2D eigenvalue weighted by Gasteiger charge is 2.24. The number of nitriles is 1. The fourth-order valence-corrected chi connectivity index (χ4v) is 4.89. The molecule has 0 spiro atoms. The van der Waals surface area contributed by atoms with Crippen LogP contribution in [0, 0.1) is 11.3 Å². The molecule has 1 atom stereocenters. The second-order valence-electron chi connectivity index (χ2n) is 9.21. The highest BCUT2D eigenvalue weighted by Crippen LogP contribution is 2.32. The summed E-state index contributed by atoms with van der Waals surface area (Å²) in [7, 11) is -2.24. The van der Waals surface area contributed by atoms with E-state index in [0.29, 0.717) is 11.1 Å². The molecular formula is C25H33N3O4S. The Morgan fingerprint density at radius 3 is 2.15 bits per heavy atom. The number of carbonyl (C=O) groups excluding carboxylic acids is 1. The number of ether oxygens (including phenoxy) is 1. The molecule has 0 aromatic heterocycles. The zero-order valence-electron chi connectivity index (χ0n) is 20.3. The zero-order valence-corrected chi connectivity index (χ0v) is 21.1. The van der Waals surface area contributed by atoms with Crippen LogP contribution in [-0.2, 0) is 26.7 Å². The SMILES string of the molecule is COc1ccc(C(C)(C)O)cc1[S@](N)(=O)=NC(=O)Cc1c(C(C)C)cc(C#N)cc1C(C)C. The second-order valence-corrected chi connectivity index (χ2v) is 11.0. The molecule has 2 aromatic carbocycles. The van der Waals surface area contributed by atoms with Crippen LogP contribution in [0.4, 0.5) is 0 Å². The summed E-state index contributed by atoms with van der Waals surface area (Å²) in [6.07, 6.45) is -0.0889. The second kappa shape index (κ2) is 10.0. The van der Waals surface area contributed by atoms with E-state index in [0.717, 1.165) is 16.7 Å². The number of methoxy groups -OCH3 is 1. The van der Waals surface area contributed by atoms with Crippen LogP contribution in [0.2, 0.25) is 0 Å². The van der Waals surface area contributed by atoms with Gasteiger partial charge in [0, 0.05) is 0 Å². The zero-order chi connectivity index (χ0) is 25.1. The predicted molar refractivity (Wildman–Crippen MR) is 129 cm³/mol. The van der Waals surface area contributed by atoms with Gasteiger partial charge in [0.2, 0.25) is 0 Å². The molecule has 0 radical (unpaired) electrons. The van der Waals surface area contributed by atoms with Crippen molar-refractivity contribution in [3.8, 4) is 11.8 Å². The summed E-state index contributed by atoms with van der Waals surface area (Å²) < 4.78 is 22.5. The number of rotatable bonds is 7. The summed E-state index contributed by atoms with van der Waals surface area (Å²) >= 11 is 0. The van der Waals surface area contributed by atoms with Gasteiger partial charge in [0.05, 0.1) is 30.8 Å². The third-order valence-electron chi connectivity index (χ3n) is 5.44. The van der Waals surface area contributed by atoms with E-state index in [4.69, 9.17) is 9.88 Å². The van der Waals surface area contributed by atoms with Crippen LogP contribution >= 0.6 is 0 Å². The van der Waals surface area contributed by atoms with Crippen molar-refractivity contribution in [2.24, 2.45) is 9.50 Å². The first-order valence-electron chi connectivity index (χ1n) is 10.8. The fraction of sp³-hybridized carbons (Fsp3) is 0.440. The molecular weight excluding hydrogens is 438 g/mol. The number of amides is 1.